The minimum Gasteiger partial charge on any atom is -0.459 e. The second-order valence-electron chi connectivity index (χ2n) is 5.70. The number of amides is 1. The Morgan fingerprint density at radius 3 is 2.32 bits per heavy atom. The largest absolute Gasteiger partial charge is 0.508 e. The van der Waals surface area contributed by atoms with Crippen molar-refractivity contribution in [3.8, 4) is 0 Å². The Morgan fingerprint density at radius 1 is 1.12 bits per heavy atom. The Kier molecular flexibility index (Phi) is 8.42. The van der Waals surface area contributed by atoms with E-state index in [1.54, 1.807) is 13.8 Å². The molecule has 25 heavy (non-hydrogen) atoms. The molecule has 0 fully saturated rings. The molecular formula is C17H24N2O6. The first-order valence-corrected chi connectivity index (χ1v) is 7.82. The van der Waals surface area contributed by atoms with Crippen molar-refractivity contribution in [3.05, 3.63) is 35.9 Å². The van der Waals surface area contributed by atoms with Crippen molar-refractivity contribution < 1.29 is 28.6 Å². The highest BCUT2D eigenvalue weighted by molar-refractivity contribution is 5.87. The third-order valence-electron chi connectivity index (χ3n) is 3.33. The molecule has 0 aliphatic heterocycles. The molecule has 1 aromatic rings. The van der Waals surface area contributed by atoms with Crippen LogP contribution in [0.3, 0.4) is 0 Å². The van der Waals surface area contributed by atoms with Crippen molar-refractivity contribution in [1.82, 2.24) is 5.32 Å². The number of carbonyl (C=O) groups excluding carboxylic acids is 3. The summed E-state index contributed by atoms with van der Waals surface area (Å²) in [7, 11) is 1.14. The highest BCUT2D eigenvalue weighted by Gasteiger charge is 2.28. The molecule has 0 unspecified atom stereocenters. The van der Waals surface area contributed by atoms with Crippen molar-refractivity contribution in [2.75, 3.05) is 13.7 Å². The van der Waals surface area contributed by atoms with E-state index in [-0.39, 0.29) is 19.1 Å². The number of carbonyl (C=O) groups is 3. The maximum atomic E-state index is 12.2. The van der Waals surface area contributed by atoms with Gasteiger partial charge in [-0.25, -0.2) is 9.59 Å². The Bertz CT molecular complexity index is 576. The molecule has 8 nitrogen and oxygen atoms in total. The molecular weight excluding hydrogens is 328 g/mol. The van der Waals surface area contributed by atoms with E-state index in [9.17, 15) is 14.4 Å². The van der Waals surface area contributed by atoms with Gasteiger partial charge in [0.15, 0.2) is 0 Å². The SMILES string of the molecule is COC(=O)OC[C@H](N)C(=O)N[C@H](C(=O)OCc1ccccc1)C(C)C. The molecule has 0 bridgehead atoms. The first kappa shape index (κ1) is 20.4. The first-order valence-electron chi connectivity index (χ1n) is 7.82. The standard InChI is InChI=1S/C17H24N2O6/c1-11(2)14(16(21)24-9-12-7-5-4-6-8-12)19-15(20)13(18)10-25-17(22)23-3/h4-8,11,13-14H,9-10,18H2,1-3H3,(H,19,20)/t13-,14-/m0/s1. The summed E-state index contributed by atoms with van der Waals surface area (Å²) in [6.07, 6.45) is -0.939. The van der Waals surface area contributed by atoms with E-state index in [0.717, 1.165) is 12.7 Å². The number of hydrogen-bond donors (Lipinski definition) is 2. The van der Waals surface area contributed by atoms with Gasteiger partial charge in [0.1, 0.15) is 25.3 Å². The van der Waals surface area contributed by atoms with Crippen LogP contribution in [0.1, 0.15) is 19.4 Å². The number of methoxy groups -OCH3 is 1. The third-order valence-corrected chi connectivity index (χ3v) is 3.33. The fourth-order valence-electron chi connectivity index (χ4n) is 1.87. The predicted molar refractivity (Wildman–Crippen MR) is 89.3 cm³/mol. The quantitative estimate of drug-likeness (QED) is 0.670. The molecule has 0 spiro atoms. The lowest BCUT2D eigenvalue weighted by Crippen LogP contribution is -2.52. The van der Waals surface area contributed by atoms with Gasteiger partial charge in [-0.05, 0) is 11.5 Å². The molecule has 1 amide bonds. The molecule has 0 aliphatic rings. The van der Waals surface area contributed by atoms with Gasteiger partial charge in [0.25, 0.3) is 0 Å². The lowest BCUT2D eigenvalue weighted by molar-refractivity contribution is -0.150. The number of nitrogens with two attached hydrogens (primary N) is 1. The minimum absolute atomic E-state index is 0.107. The van der Waals surface area contributed by atoms with Crippen molar-refractivity contribution in [2.24, 2.45) is 11.7 Å². The van der Waals surface area contributed by atoms with Gasteiger partial charge in [0.2, 0.25) is 5.91 Å². The van der Waals surface area contributed by atoms with E-state index in [1.807, 2.05) is 30.3 Å². The van der Waals surface area contributed by atoms with Gasteiger partial charge >= 0.3 is 12.1 Å². The van der Waals surface area contributed by atoms with E-state index in [4.69, 9.17) is 10.5 Å². The van der Waals surface area contributed by atoms with Gasteiger partial charge in [-0.2, -0.15) is 0 Å². The van der Waals surface area contributed by atoms with Crippen molar-refractivity contribution >= 4 is 18.0 Å². The summed E-state index contributed by atoms with van der Waals surface area (Å²) in [6, 6.07) is 7.21. The number of esters is 1. The van der Waals surface area contributed by atoms with Crippen LogP contribution in [-0.4, -0.2) is 43.8 Å². The summed E-state index contributed by atoms with van der Waals surface area (Å²) in [5.41, 5.74) is 6.48. The molecule has 8 heteroatoms. The van der Waals surface area contributed by atoms with Crippen LogP contribution in [0.5, 0.6) is 0 Å². The van der Waals surface area contributed by atoms with Crippen LogP contribution in [0, 0.1) is 5.92 Å². The maximum absolute atomic E-state index is 12.2. The molecule has 3 N–H and O–H groups in total. The number of rotatable bonds is 8. The highest BCUT2D eigenvalue weighted by atomic mass is 16.7. The maximum Gasteiger partial charge on any atom is 0.508 e. The van der Waals surface area contributed by atoms with E-state index in [0.29, 0.717) is 0 Å². The molecule has 1 rings (SSSR count). The average Bonchev–Trinajstić information content (AvgIpc) is 2.62. The molecule has 138 valence electrons. The lowest BCUT2D eigenvalue weighted by atomic mass is 10.0. The summed E-state index contributed by atoms with van der Waals surface area (Å²) < 4.78 is 14.2. The van der Waals surface area contributed by atoms with E-state index in [2.05, 4.69) is 14.8 Å². The second kappa shape index (κ2) is 10.3. The Labute approximate surface area is 146 Å². The number of nitrogens with one attached hydrogen (secondary N) is 1. The van der Waals surface area contributed by atoms with Crippen LogP contribution < -0.4 is 11.1 Å². The van der Waals surface area contributed by atoms with Gasteiger partial charge in [0, 0.05) is 0 Å². The van der Waals surface area contributed by atoms with Crippen LogP contribution in [0.2, 0.25) is 0 Å². The van der Waals surface area contributed by atoms with Crippen LogP contribution in [-0.2, 0) is 30.4 Å². The summed E-state index contributed by atoms with van der Waals surface area (Å²) in [5, 5.41) is 2.52. The normalized spacial score (nSPS) is 12.8. The summed E-state index contributed by atoms with van der Waals surface area (Å²) in [5.74, 6) is -1.39. The predicted octanol–water partition coefficient (Wildman–Crippen LogP) is 0.981. The smallest absolute Gasteiger partial charge is 0.459 e. The van der Waals surface area contributed by atoms with Gasteiger partial charge in [-0.15, -0.1) is 0 Å². The molecule has 2 atom stereocenters. The van der Waals surface area contributed by atoms with E-state index >= 15 is 0 Å². The van der Waals surface area contributed by atoms with Crippen molar-refractivity contribution in [2.45, 2.75) is 32.5 Å². The zero-order valence-corrected chi connectivity index (χ0v) is 14.6. The molecule has 0 heterocycles. The number of benzene rings is 1. The summed E-state index contributed by atoms with van der Waals surface area (Å²) in [4.78, 5) is 35.2. The first-order chi connectivity index (χ1) is 11.8. The zero-order valence-electron chi connectivity index (χ0n) is 14.6. The van der Waals surface area contributed by atoms with Gasteiger partial charge in [-0.1, -0.05) is 44.2 Å². The molecule has 0 radical (unpaired) electrons. The minimum atomic E-state index is -1.12. The van der Waals surface area contributed by atoms with Crippen LogP contribution in [0.25, 0.3) is 0 Å². The number of hydrogen-bond acceptors (Lipinski definition) is 7. The molecule has 0 saturated carbocycles. The second-order valence-corrected chi connectivity index (χ2v) is 5.70. The van der Waals surface area contributed by atoms with E-state index in [1.165, 1.54) is 0 Å². The molecule has 0 saturated heterocycles. The van der Waals surface area contributed by atoms with Crippen LogP contribution in [0.15, 0.2) is 30.3 Å². The fourth-order valence-corrected chi connectivity index (χ4v) is 1.87. The average molecular weight is 352 g/mol. The van der Waals surface area contributed by atoms with Gasteiger partial charge in [0.05, 0.1) is 7.11 Å². The monoisotopic (exact) mass is 352 g/mol. The van der Waals surface area contributed by atoms with Gasteiger partial charge < -0.3 is 25.3 Å². The third kappa shape index (κ3) is 7.21. The van der Waals surface area contributed by atoms with Crippen LogP contribution in [0.4, 0.5) is 4.79 Å². The Balaban J connectivity index is 2.55. The number of ether oxygens (including phenoxy) is 3. The molecule has 1 aromatic carbocycles. The van der Waals surface area contributed by atoms with Crippen molar-refractivity contribution in [1.29, 1.82) is 0 Å². The summed E-state index contributed by atoms with van der Waals surface area (Å²) in [6.45, 7) is 3.29. The van der Waals surface area contributed by atoms with Crippen LogP contribution >= 0.6 is 0 Å². The highest BCUT2D eigenvalue weighted by Crippen LogP contribution is 2.07. The lowest BCUT2D eigenvalue weighted by Gasteiger charge is -2.22. The molecule has 0 aromatic heterocycles. The molecule has 0 aliphatic carbocycles. The Hall–Kier alpha value is -2.61. The fraction of sp³-hybridized carbons (Fsp3) is 0.471. The topological polar surface area (TPSA) is 117 Å². The Morgan fingerprint density at radius 2 is 1.76 bits per heavy atom. The van der Waals surface area contributed by atoms with Gasteiger partial charge in [-0.3, -0.25) is 4.79 Å². The van der Waals surface area contributed by atoms with E-state index < -0.39 is 30.1 Å². The van der Waals surface area contributed by atoms with Crippen molar-refractivity contribution in [3.63, 3.8) is 0 Å². The summed E-state index contributed by atoms with van der Waals surface area (Å²) >= 11 is 0. The zero-order chi connectivity index (χ0) is 18.8.